The van der Waals surface area contributed by atoms with Crippen LogP contribution in [0.3, 0.4) is 0 Å². The van der Waals surface area contributed by atoms with Gasteiger partial charge in [-0.1, -0.05) is 0 Å². The second-order valence-electron chi connectivity index (χ2n) is 3.19. The molecule has 0 aliphatic rings. The molecule has 7 heteroatoms. The first-order valence-corrected chi connectivity index (χ1v) is 5.33. The van der Waals surface area contributed by atoms with E-state index in [4.69, 9.17) is 4.74 Å². The fraction of sp³-hybridized carbons (Fsp3) is 0.700. The van der Waals surface area contributed by atoms with Crippen LogP contribution in [0.4, 0.5) is 9.59 Å². The second kappa shape index (κ2) is 7.48. The van der Waals surface area contributed by atoms with Crippen molar-refractivity contribution in [2.75, 3.05) is 13.2 Å². The van der Waals surface area contributed by atoms with Crippen LogP contribution in [0.1, 0.15) is 27.7 Å². The van der Waals surface area contributed by atoms with Crippen molar-refractivity contribution in [2.45, 2.75) is 33.7 Å². The van der Waals surface area contributed by atoms with Crippen molar-refractivity contribution in [1.29, 1.82) is 0 Å². The van der Waals surface area contributed by atoms with Crippen molar-refractivity contribution in [3.63, 3.8) is 0 Å². The molecule has 0 fully saturated rings. The van der Waals surface area contributed by atoms with E-state index in [0.29, 0.717) is 0 Å². The Hall–Kier alpha value is -1.79. The maximum atomic E-state index is 11.5. The van der Waals surface area contributed by atoms with Crippen molar-refractivity contribution in [1.82, 2.24) is 10.4 Å². The van der Waals surface area contributed by atoms with E-state index < -0.39 is 18.2 Å². The molecule has 0 aromatic carbocycles. The molecule has 0 heterocycles. The highest BCUT2D eigenvalue weighted by molar-refractivity contribution is 5.86. The number of hydrogen-bond acceptors (Lipinski definition) is 5. The van der Waals surface area contributed by atoms with Crippen molar-refractivity contribution in [3.8, 4) is 0 Å². The lowest BCUT2D eigenvalue weighted by molar-refractivity contribution is -0.122. The standard InChI is InChI=1S/C10H18N2O5/c1-5-16-9(14)11-12(7(3)8(4)13)10(15)17-6-2/h7H,5-6H2,1-4H3,(H,11,14)/t7-/m1/s1. The minimum Gasteiger partial charge on any atom is -0.449 e. The lowest BCUT2D eigenvalue weighted by Crippen LogP contribution is -2.53. The van der Waals surface area contributed by atoms with Crippen LogP contribution in [0.15, 0.2) is 0 Å². The van der Waals surface area contributed by atoms with Gasteiger partial charge in [0.15, 0.2) is 5.78 Å². The molecule has 0 aromatic rings. The number of rotatable bonds is 4. The van der Waals surface area contributed by atoms with E-state index in [1.165, 1.54) is 13.8 Å². The van der Waals surface area contributed by atoms with Gasteiger partial charge in [0.25, 0.3) is 0 Å². The predicted molar refractivity (Wildman–Crippen MR) is 59.2 cm³/mol. The van der Waals surface area contributed by atoms with Crippen LogP contribution in [0.25, 0.3) is 0 Å². The normalized spacial score (nSPS) is 11.3. The lowest BCUT2D eigenvalue weighted by atomic mass is 10.2. The molecule has 0 bridgehead atoms. The monoisotopic (exact) mass is 246 g/mol. The SMILES string of the molecule is CCOC(=O)NN(C(=O)OCC)[C@H](C)C(C)=O. The number of Topliss-reactive ketones (excluding diaryl/α,β-unsaturated/α-hetero) is 1. The van der Waals surface area contributed by atoms with Gasteiger partial charge in [0.05, 0.1) is 13.2 Å². The predicted octanol–water partition coefficient (Wildman–Crippen LogP) is 1.08. The molecule has 0 aliphatic carbocycles. The van der Waals surface area contributed by atoms with E-state index in [1.54, 1.807) is 13.8 Å². The number of carbonyl (C=O) groups is 3. The number of nitrogens with zero attached hydrogens (tertiary/aromatic N) is 1. The molecule has 1 atom stereocenters. The van der Waals surface area contributed by atoms with Crippen molar-refractivity contribution in [3.05, 3.63) is 0 Å². The summed E-state index contributed by atoms with van der Waals surface area (Å²) in [6, 6.07) is -0.821. The largest absolute Gasteiger partial charge is 0.449 e. The highest BCUT2D eigenvalue weighted by Gasteiger charge is 2.26. The Morgan fingerprint density at radius 3 is 2.12 bits per heavy atom. The van der Waals surface area contributed by atoms with Gasteiger partial charge < -0.3 is 9.47 Å². The van der Waals surface area contributed by atoms with Crippen LogP contribution in [0.5, 0.6) is 0 Å². The number of amides is 2. The van der Waals surface area contributed by atoms with Gasteiger partial charge in [-0.05, 0) is 27.7 Å². The molecule has 0 spiro atoms. The molecule has 0 saturated carbocycles. The highest BCUT2D eigenvalue weighted by Crippen LogP contribution is 2.01. The summed E-state index contributed by atoms with van der Waals surface area (Å²) in [5.41, 5.74) is 2.16. The van der Waals surface area contributed by atoms with Crippen LogP contribution in [-0.2, 0) is 14.3 Å². The summed E-state index contributed by atoms with van der Waals surface area (Å²) >= 11 is 0. The third kappa shape index (κ3) is 5.19. The molecule has 2 amide bonds. The summed E-state index contributed by atoms with van der Waals surface area (Å²) in [4.78, 5) is 33.9. The molecule has 0 saturated heterocycles. The summed E-state index contributed by atoms with van der Waals surface area (Å²) in [6.45, 7) is 6.35. The average Bonchev–Trinajstić information content (AvgIpc) is 2.25. The molecule has 1 N–H and O–H groups in total. The van der Waals surface area contributed by atoms with Crippen molar-refractivity contribution >= 4 is 18.0 Å². The molecule has 98 valence electrons. The number of hydrogen-bond donors (Lipinski definition) is 1. The zero-order chi connectivity index (χ0) is 13.4. The van der Waals surface area contributed by atoms with Gasteiger partial charge in [-0.2, -0.15) is 0 Å². The van der Waals surface area contributed by atoms with Gasteiger partial charge in [0.1, 0.15) is 6.04 Å². The van der Waals surface area contributed by atoms with Crippen LogP contribution < -0.4 is 5.43 Å². The van der Waals surface area contributed by atoms with Crippen LogP contribution in [0.2, 0.25) is 0 Å². The number of hydrazine groups is 1. The van der Waals surface area contributed by atoms with Gasteiger partial charge in [0, 0.05) is 0 Å². The van der Waals surface area contributed by atoms with E-state index in [9.17, 15) is 14.4 Å². The first-order chi connectivity index (χ1) is 7.93. The highest BCUT2D eigenvalue weighted by atomic mass is 16.6. The zero-order valence-corrected chi connectivity index (χ0v) is 10.5. The van der Waals surface area contributed by atoms with Gasteiger partial charge >= 0.3 is 12.2 Å². The van der Waals surface area contributed by atoms with E-state index in [-0.39, 0.29) is 19.0 Å². The topological polar surface area (TPSA) is 84.9 Å². The van der Waals surface area contributed by atoms with Gasteiger partial charge in [0.2, 0.25) is 0 Å². The number of nitrogens with one attached hydrogen (secondary N) is 1. The van der Waals surface area contributed by atoms with Gasteiger partial charge in [-0.15, -0.1) is 0 Å². The van der Waals surface area contributed by atoms with Crippen LogP contribution in [-0.4, -0.2) is 42.2 Å². The first-order valence-electron chi connectivity index (χ1n) is 5.33. The van der Waals surface area contributed by atoms with Gasteiger partial charge in [-0.3, -0.25) is 4.79 Å². The molecule has 0 radical (unpaired) electrons. The molecular weight excluding hydrogens is 228 g/mol. The molecule has 0 aromatic heterocycles. The van der Waals surface area contributed by atoms with E-state index in [0.717, 1.165) is 5.01 Å². The maximum Gasteiger partial charge on any atom is 0.429 e. The Labute approximate surface area is 100 Å². The molecule has 0 unspecified atom stereocenters. The Balaban J connectivity index is 4.67. The maximum absolute atomic E-state index is 11.5. The number of carbonyl (C=O) groups excluding carboxylic acids is 3. The van der Waals surface area contributed by atoms with E-state index in [1.807, 2.05) is 0 Å². The second-order valence-corrected chi connectivity index (χ2v) is 3.19. The van der Waals surface area contributed by atoms with Crippen molar-refractivity contribution < 1.29 is 23.9 Å². The van der Waals surface area contributed by atoms with Gasteiger partial charge in [-0.25, -0.2) is 20.0 Å². The number of ether oxygens (including phenoxy) is 2. The fourth-order valence-corrected chi connectivity index (χ4v) is 0.937. The summed E-state index contributed by atoms with van der Waals surface area (Å²) in [7, 11) is 0. The van der Waals surface area contributed by atoms with E-state index in [2.05, 4.69) is 10.2 Å². The fourth-order valence-electron chi connectivity index (χ4n) is 0.937. The Morgan fingerprint density at radius 2 is 1.71 bits per heavy atom. The minimum absolute atomic E-state index is 0.143. The molecule has 0 aliphatic heterocycles. The minimum atomic E-state index is -0.821. The van der Waals surface area contributed by atoms with Crippen molar-refractivity contribution in [2.24, 2.45) is 0 Å². The van der Waals surface area contributed by atoms with Crippen LogP contribution >= 0.6 is 0 Å². The smallest absolute Gasteiger partial charge is 0.429 e. The Bertz CT molecular complexity index is 292. The summed E-state index contributed by atoms with van der Waals surface area (Å²) < 4.78 is 9.34. The van der Waals surface area contributed by atoms with E-state index >= 15 is 0 Å². The van der Waals surface area contributed by atoms with Crippen LogP contribution in [0, 0.1) is 0 Å². The Morgan fingerprint density at radius 1 is 1.18 bits per heavy atom. The molecule has 0 rings (SSSR count). The zero-order valence-electron chi connectivity index (χ0n) is 10.5. The summed E-state index contributed by atoms with van der Waals surface area (Å²) in [6.07, 6.45) is -1.61. The third-order valence-electron chi connectivity index (χ3n) is 1.93. The third-order valence-corrected chi connectivity index (χ3v) is 1.93. The summed E-state index contributed by atoms with van der Waals surface area (Å²) in [5, 5.41) is 0.809. The summed E-state index contributed by atoms with van der Waals surface area (Å²) in [5.74, 6) is -0.283. The quantitative estimate of drug-likeness (QED) is 0.750. The average molecular weight is 246 g/mol. The number of ketones is 1. The Kier molecular flexibility index (Phi) is 6.69. The first kappa shape index (κ1) is 15.2. The molecular formula is C10H18N2O5. The molecule has 17 heavy (non-hydrogen) atoms. The molecule has 7 nitrogen and oxygen atoms in total. The lowest BCUT2D eigenvalue weighted by Gasteiger charge is -2.26.